The molecule has 0 bridgehead atoms. The van der Waals surface area contributed by atoms with Gasteiger partial charge in [0.05, 0.1) is 42.2 Å². The number of rotatable bonds is 10. The zero-order chi connectivity index (χ0) is 28.6. The quantitative estimate of drug-likeness (QED) is 0.113. The largest absolute Gasteiger partial charge is 0.506 e. The number of aromatic hydroxyl groups is 1. The number of carboxylic acids is 1. The van der Waals surface area contributed by atoms with Crippen molar-refractivity contribution in [2.75, 3.05) is 30.0 Å². The second-order valence-electron chi connectivity index (χ2n) is 9.17. The van der Waals surface area contributed by atoms with Crippen LogP contribution in [0, 0.1) is 0 Å². The number of aromatic carboxylic acids is 1. The highest BCUT2D eigenvalue weighted by molar-refractivity contribution is 6.01. The average molecular weight is 550 g/mol. The smallest absolute Gasteiger partial charge is 0.335 e. The number of hydrogen-bond acceptors (Lipinski definition) is 8. The number of benzene rings is 3. The average Bonchev–Trinajstić information content (AvgIpc) is 3.46. The Labute approximate surface area is 230 Å². The summed E-state index contributed by atoms with van der Waals surface area (Å²) in [5.74, 6) is -0.883. The van der Waals surface area contributed by atoms with E-state index < -0.39 is 18.2 Å². The lowest BCUT2D eigenvalue weighted by molar-refractivity contribution is -0.123. The van der Waals surface area contributed by atoms with Crippen LogP contribution in [0.5, 0.6) is 17.2 Å². The first-order valence-electron chi connectivity index (χ1n) is 12.6. The van der Waals surface area contributed by atoms with E-state index in [1.54, 1.807) is 36.4 Å². The monoisotopic (exact) mass is 549 g/mol. The van der Waals surface area contributed by atoms with Crippen molar-refractivity contribution in [3.8, 4) is 17.2 Å². The lowest BCUT2D eigenvalue weighted by atomic mass is 10.1. The molecule has 3 aromatic rings. The Morgan fingerprint density at radius 1 is 1.05 bits per heavy atom. The van der Waals surface area contributed by atoms with Crippen molar-refractivity contribution in [3.05, 3.63) is 71.8 Å². The predicted octanol–water partition coefficient (Wildman–Crippen LogP) is 3.14. The first kappa shape index (κ1) is 28.0. The summed E-state index contributed by atoms with van der Waals surface area (Å²) in [6.07, 6.45) is 0.946. The number of nitrogens with one attached hydrogen (secondary N) is 4. The molecule has 1 aliphatic rings. The van der Waals surface area contributed by atoms with Gasteiger partial charge in [-0.25, -0.2) is 9.59 Å². The molecule has 12 heteroatoms. The third-order valence-corrected chi connectivity index (χ3v) is 6.31. The number of urea groups is 1. The summed E-state index contributed by atoms with van der Waals surface area (Å²) in [6, 6.07) is 14.7. The minimum Gasteiger partial charge on any atom is -0.506 e. The Bertz CT molecular complexity index is 1390. The van der Waals surface area contributed by atoms with Gasteiger partial charge in [-0.3, -0.25) is 4.79 Å². The molecule has 1 heterocycles. The number of para-hydroxylation sites is 2. The molecule has 0 aromatic heterocycles. The van der Waals surface area contributed by atoms with Gasteiger partial charge in [-0.1, -0.05) is 18.2 Å². The van der Waals surface area contributed by atoms with Crippen molar-refractivity contribution >= 4 is 35.0 Å². The van der Waals surface area contributed by atoms with Gasteiger partial charge in [0.15, 0.2) is 6.23 Å². The second-order valence-corrected chi connectivity index (χ2v) is 9.17. The SMILES string of the molecule is COc1cc(CC(=O)NC(Oc2ccc(C(=O)O)cc2N)C2CCCN2)ccc1NC(=O)Nc1ccccc1O. The highest BCUT2D eigenvalue weighted by Gasteiger charge is 2.28. The fourth-order valence-corrected chi connectivity index (χ4v) is 4.31. The Balaban J connectivity index is 1.41. The van der Waals surface area contributed by atoms with Gasteiger partial charge >= 0.3 is 12.0 Å². The van der Waals surface area contributed by atoms with Crippen molar-refractivity contribution in [1.29, 1.82) is 0 Å². The molecule has 2 atom stereocenters. The third kappa shape index (κ3) is 7.11. The standard InChI is InChI=1S/C28H31N5O7/c1-39-24-13-16(8-10-20(24)32-28(38)31-19-5-2-3-7-22(19)34)14-25(35)33-26(21-6-4-12-30-21)40-23-11-9-17(27(36)37)15-18(23)29/h2-3,5,7-11,13,15,21,26,30,34H,4,6,12,14,29H2,1H3,(H,33,35)(H,36,37)(H2,31,32,38). The maximum Gasteiger partial charge on any atom is 0.335 e. The molecule has 0 spiro atoms. The van der Waals surface area contributed by atoms with Crippen molar-refractivity contribution in [2.45, 2.75) is 31.5 Å². The number of carbonyl (C=O) groups is 3. The Morgan fingerprint density at radius 3 is 2.50 bits per heavy atom. The number of carboxylic acid groups (broad SMARTS) is 1. The number of anilines is 3. The van der Waals surface area contributed by atoms with E-state index in [4.69, 9.17) is 15.2 Å². The van der Waals surface area contributed by atoms with Gasteiger partial charge in [-0.05, 0) is 67.4 Å². The topological polar surface area (TPSA) is 184 Å². The number of phenolic OH excluding ortho intramolecular Hbond substituents is 1. The Kier molecular flexibility index (Phi) is 8.92. The van der Waals surface area contributed by atoms with Crippen molar-refractivity contribution in [3.63, 3.8) is 0 Å². The summed E-state index contributed by atoms with van der Waals surface area (Å²) < 4.78 is 11.4. The minimum absolute atomic E-state index is 0.000733. The van der Waals surface area contributed by atoms with Crippen LogP contribution in [0.3, 0.4) is 0 Å². The van der Waals surface area contributed by atoms with E-state index in [-0.39, 0.29) is 46.8 Å². The summed E-state index contributed by atoms with van der Waals surface area (Å²) in [5.41, 5.74) is 7.44. The minimum atomic E-state index is -1.10. The number of carbonyl (C=O) groups excluding carboxylic acids is 2. The van der Waals surface area contributed by atoms with Crippen molar-refractivity contribution in [2.24, 2.45) is 0 Å². The molecule has 2 unspecified atom stereocenters. The van der Waals surface area contributed by atoms with Crippen LogP contribution in [-0.4, -0.2) is 54.0 Å². The van der Waals surface area contributed by atoms with Crippen LogP contribution in [-0.2, 0) is 11.2 Å². The highest BCUT2D eigenvalue weighted by Crippen LogP contribution is 2.28. The van der Waals surface area contributed by atoms with Gasteiger partial charge in [0.2, 0.25) is 5.91 Å². The fourth-order valence-electron chi connectivity index (χ4n) is 4.31. The maximum atomic E-state index is 13.0. The fraction of sp³-hybridized carbons (Fsp3) is 0.250. The van der Waals surface area contributed by atoms with Crippen LogP contribution in [0.1, 0.15) is 28.8 Å². The van der Waals surface area contributed by atoms with E-state index in [9.17, 15) is 24.6 Å². The molecule has 8 N–H and O–H groups in total. The van der Waals surface area contributed by atoms with Crippen LogP contribution >= 0.6 is 0 Å². The number of methoxy groups -OCH3 is 1. The molecule has 4 rings (SSSR count). The number of amides is 3. The molecule has 0 saturated carbocycles. The molecule has 3 amide bonds. The zero-order valence-corrected chi connectivity index (χ0v) is 21.8. The molecule has 1 saturated heterocycles. The summed E-state index contributed by atoms with van der Waals surface area (Å²) >= 11 is 0. The van der Waals surface area contributed by atoms with E-state index >= 15 is 0 Å². The summed E-state index contributed by atoms with van der Waals surface area (Å²) in [4.78, 5) is 36.7. The first-order valence-corrected chi connectivity index (χ1v) is 12.6. The number of nitrogens with two attached hydrogens (primary N) is 1. The predicted molar refractivity (Wildman–Crippen MR) is 149 cm³/mol. The van der Waals surface area contributed by atoms with Gasteiger partial charge in [0.25, 0.3) is 0 Å². The van der Waals surface area contributed by atoms with E-state index in [1.807, 2.05) is 0 Å². The highest BCUT2D eigenvalue weighted by atomic mass is 16.5. The van der Waals surface area contributed by atoms with Crippen LogP contribution in [0.2, 0.25) is 0 Å². The van der Waals surface area contributed by atoms with Crippen LogP contribution in [0.15, 0.2) is 60.7 Å². The zero-order valence-electron chi connectivity index (χ0n) is 21.8. The molecule has 0 aliphatic carbocycles. The summed E-state index contributed by atoms with van der Waals surface area (Å²) in [5, 5.41) is 30.5. The molecule has 210 valence electrons. The Morgan fingerprint density at radius 2 is 1.82 bits per heavy atom. The van der Waals surface area contributed by atoms with Crippen molar-refractivity contribution < 1.29 is 34.1 Å². The lowest BCUT2D eigenvalue weighted by Gasteiger charge is -2.26. The van der Waals surface area contributed by atoms with Crippen LogP contribution in [0.25, 0.3) is 0 Å². The molecule has 1 aliphatic heterocycles. The van der Waals surface area contributed by atoms with E-state index in [0.29, 0.717) is 17.0 Å². The van der Waals surface area contributed by atoms with E-state index in [0.717, 1.165) is 19.4 Å². The third-order valence-electron chi connectivity index (χ3n) is 6.31. The first-order chi connectivity index (χ1) is 19.2. The summed E-state index contributed by atoms with van der Waals surface area (Å²) in [6.45, 7) is 0.775. The number of phenols is 1. The molecular formula is C28H31N5O7. The number of hydrogen-bond donors (Lipinski definition) is 7. The molecule has 3 aromatic carbocycles. The number of ether oxygens (including phenoxy) is 2. The van der Waals surface area contributed by atoms with Gasteiger partial charge in [-0.2, -0.15) is 0 Å². The molecular weight excluding hydrogens is 518 g/mol. The lowest BCUT2D eigenvalue weighted by Crippen LogP contribution is -2.51. The number of nitrogen functional groups attached to an aromatic ring is 1. The van der Waals surface area contributed by atoms with Gasteiger partial charge in [-0.15, -0.1) is 0 Å². The molecule has 12 nitrogen and oxygen atoms in total. The second kappa shape index (κ2) is 12.7. The van der Waals surface area contributed by atoms with E-state index in [2.05, 4.69) is 21.3 Å². The molecule has 40 heavy (non-hydrogen) atoms. The van der Waals surface area contributed by atoms with Crippen LogP contribution < -0.4 is 36.5 Å². The van der Waals surface area contributed by atoms with Crippen LogP contribution in [0.4, 0.5) is 21.9 Å². The van der Waals surface area contributed by atoms with Crippen molar-refractivity contribution in [1.82, 2.24) is 10.6 Å². The maximum absolute atomic E-state index is 13.0. The summed E-state index contributed by atoms with van der Waals surface area (Å²) in [7, 11) is 1.45. The van der Waals surface area contributed by atoms with E-state index in [1.165, 1.54) is 31.4 Å². The molecule has 0 radical (unpaired) electrons. The normalized spacial score (nSPS) is 15.1. The van der Waals surface area contributed by atoms with Gasteiger partial charge < -0.3 is 46.7 Å². The van der Waals surface area contributed by atoms with Gasteiger partial charge in [0, 0.05) is 0 Å². The Hall–Kier alpha value is -4.97. The molecule has 1 fully saturated rings. The van der Waals surface area contributed by atoms with Gasteiger partial charge in [0.1, 0.15) is 17.2 Å².